The van der Waals surface area contributed by atoms with Crippen LogP contribution in [0.15, 0.2) is 24.8 Å². The number of carbonyl (C=O) groups excluding carboxylic acids is 1. The minimum atomic E-state index is -0.0950. The number of amides is 1. The lowest BCUT2D eigenvalue weighted by Crippen LogP contribution is -2.44. The van der Waals surface area contributed by atoms with E-state index in [1.165, 1.54) is 7.11 Å². The first-order valence-corrected chi connectivity index (χ1v) is 7.47. The zero-order valence-electron chi connectivity index (χ0n) is 13.2. The third-order valence-electron chi connectivity index (χ3n) is 3.71. The van der Waals surface area contributed by atoms with Crippen LogP contribution in [0, 0.1) is 0 Å². The molecule has 1 fully saturated rings. The van der Waals surface area contributed by atoms with Crippen molar-refractivity contribution in [2.75, 3.05) is 20.2 Å². The van der Waals surface area contributed by atoms with E-state index in [1.54, 1.807) is 41.4 Å². The van der Waals surface area contributed by atoms with Gasteiger partial charge in [-0.3, -0.25) is 14.5 Å². The zero-order chi connectivity index (χ0) is 16.2. The van der Waals surface area contributed by atoms with Crippen LogP contribution in [-0.2, 0) is 7.05 Å². The number of methoxy groups -OCH3 is 1. The Morgan fingerprint density at radius 2 is 2.26 bits per heavy atom. The number of piperidine rings is 1. The molecular weight excluding hydrogens is 298 g/mol. The summed E-state index contributed by atoms with van der Waals surface area (Å²) < 4.78 is 12.6. The van der Waals surface area contributed by atoms with Gasteiger partial charge in [0.25, 0.3) is 5.91 Å². The number of hydrogen-bond acceptors (Lipinski definition) is 6. The summed E-state index contributed by atoms with van der Waals surface area (Å²) in [5, 5.41) is 4.13. The van der Waals surface area contributed by atoms with E-state index >= 15 is 0 Å². The largest absolute Gasteiger partial charge is 0.479 e. The van der Waals surface area contributed by atoms with Crippen molar-refractivity contribution in [1.29, 1.82) is 0 Å². The highest BCUT2D eigenvalue weighted by molar-refractivity contribution is 5.96. The quantitative estimate of drug-likeness (QED) is 0.833. The van der Waals surface area contributed by atoms with Crippen LogP contribution in [0.4, 0.5) is 0 Å². The van der Waals surface area contributed by atoms with Gasteiger partial charge in [-0.2, -0.15) is 0 Å². The molecule has 3 heterocycles. The van der Waals surface area contributed by atoms with Crippen molar-refractivity contribution in [2.24, 2.45) is 7.05 Å². The normalized spacial score (nSPS) is 17.8. The second-order valence-corrected chi connectivity index (χ2v) is 5.40. The van der Waals surface area contributed by atoms with E-state index < -0.39 is 0 Å². The van der Waals surface area contributed by atoms with Gasteiger partial charge in [-0.05, 0) is 12.8 Å². The zero-order valence-corrected chi connectivity index (χ0v) is 13.2. The minimum Gasteiger partial charge on any atom is -0.479 e. The van der Waals surface area contributed by atoms with E-state index in [2.05, 4.69) is 15.1 Å². The van der Waals surface area contributed by atoms with Gasteiger partial charge in [0.05, 0.1) is 19.9 Å². The van der Waals surface area contributed by atoms with Crippen molar-refractivity contribution in [3.63, 3.8) is 0 Å². The summed E-state index contributed by atoms with van der Waals surface area (Å²) in [5.41, 5.74) is 0.468. The molecule has 122 valence electrons. The summed E-state index contributed by atoms with van der Waals surface area (Å²) in [5.74, 6) is 0.725. The fourth-order valence-electron chi connectivity index (χ4n) is 2.67. The molecule has 1 unspecified atom stereocenters. The van der Waals surface area contributed by atoms with Gasteiger partial charge in [0.15, 0.2) is 0 Å². The number of rotatable bonds is 4. The first kappa shape index (κ1) is 15.3. The van der Waals surface area contributed by atoms with Gasteiger partial charge in [-0.1, -0.05) is 0 Å². The molecule has 0 aliphatic carbocycles. The van der Waals surface area contributed by atoms with Crippen molar-refractivity contribution >= 4 is 5.91 Å². The van der Waals surface area contributed by atoms with Crippen LogP contribution in [0.3, 0.4) is 0 Å². The maximum absolute atomic E-state index is 12.7. The second-order valence-electron chi connectivity index (χ2n) is 5.40. The van der Waals surface area contributed by atoms with Crippen molar-refractivity contribution < 1.29 is 14.3 Å². The van der Waals surface area contributed by atoms with Crippen molar-refractivity contribution in [2.45, 2.75) is 18.9 Å². The lowest BCUT2D eigenvalue weighted by molar-refractivity contribution is 0.0524. The molecule has 23 heavy (non-hydrogen) atoms. The molecule has 0 N–H and O–H groups in total. The summed E-state index contributed by atoms with van der Waals surface area (Å²) in [6.07, 6.45) is 8.09. The van der Waals surface area contributed by atoms with Gasteiger partial charge in [-0.25, -0.2) is 4.98 Å². The van der Waals surface area contributed by atoms with Crippen molar-refractivity contribution in [1.82, 2.24) is 24.6 Å². The molecular formula is C15H19N5O3. The SMILES string of the molecule is COc1nn(C)cc1C(=O)N1CCCC(Oc2cnccn2)C1. The first-order valence-electron chi connectivity index (χ1n) is 7.47. The number of likely N-dealkylation sites (tertiary alicyclic amines) is 1. The van der Waals surface area contributed by atoms with E-state index in [-0.39, 0.29) is 12.0 Å². The highest BCUT2D eigenvalue weighted by Gasteiger charge is 2.28. The second kappa shape index (κ2) is 6.64. The maximum Gasteiger partial charge on any atom is 0.261 e. The summed E-state index contributed by atoms with van der Waals surface area (Å²) in [6, 6.07) is 0. The van der Waals surface area contributed by atoms with Crippen LogP contribution in [0.25, 0.3) is 0 Å². The summed E-state index contributed by atoms with van der Waals surface area (Å²) in [6.45, 7) is 1.20. The highest BCUT2D eigenvalue weighted by atomic mass is 16.5. The molecule has 1 amide bonds. The number of nitrogens with zero attached hydrogens (tertiary/aromatic N) is 5. The molecule has 3 rings (SSSR count). The third kappa shape index (κ3) is 3.41. The van der Waals surface area contributed by atoms with Gasteiger partial charge in [0.2, 0.25) is 11.8 Å². The van der Waals surface area contributed by atoms with E-state index in [0.717, 1.165) is 12.8 Å². The predicted molar refractivity (Wildman–Crippen MR) is 81.3 cm³/mol. The van der Waals surface area contributed by atoms with Crippen molar-refractivity contribution in [3.05, 3.63) is 30.4 Å². The molecule has 8 nitrogen and oxygen atoms in total. The Morgan fingerprint density at radius 1 is 1.39 bits per heavy atom. The van der Waals surface area contributed by atoms with Gasteiger partial charge in [-0.15, -0.1) is 5.10 Å². The number of carbonyl (C=O) groups is 1. The molecule has 2 aromatic rings. The minimum absolute atomic E-state index is 0.0907. The fraction of sp³-hybridized carbons (Fsp3) is 0.467. The monoisotopic (exact) mass is 317 g/mol. The molecule has 0 saturated carbocycles. The Hall–Kier alpha value is -2.64. The summed E-state index contributed by atoms with van der Waals surface area (Å²) in [7, 11) is 3.27. The molecule has 0 aromatic carbocycles. The molecule has 1 aliphatic rings. The Kier molecular flexibility index (Phi) is 4.40. The standard InChI is InChI=1S/C15H19N5O3/c1-19-10-12(14(18-19)22-2)15(21)20-7-3-4-11(9-20)23-13-8-16-5-6-17-13/h5-6,8,10-11H,3-4,7,9H2,1-2H3. The molecule has 0 radical (unpaired) electrons. The van der Waals surface area contributed by atoms with E-state index in [0.29, 0.717) is 30.4 Å². The molecule has 1 atom stereocenters. The maximum atomic E-state index is 12.7. The lowest BCUT2D eigenvalue weighted by Gasteiger charge is -2.32. The van der Waals surface area contributed by atoms with Gasteiger partial charge in [0, 0.05) is 32.2 Å². The van der Waals surface area contributed by atoms with E-state index in [1.807, 2.05) is 0 Å². The summed E-state index contributed by atoms with van der Waals surface area (Å²) >= 11 is 0. The highest BCUT2D eigenvalue weighted by Crippen LogP contribution is 2.21. The van der Waals surface area contributed by atoms with E-state index in [9.17, 15) is 4.79 Å². The van der Waals surface area contributed by atoms with Crippen LogP contribution >= 0.6 is 0 Å². The molecule has 2 aromatic heterocycles. The van der Waals surface area contributed by atoms with Gasteiger partial charge in [0.1, 0.15) is 11.7 Å². The number of aryl methyl sites for hydroxylation is 1. The first-order chi connectivity index (χ1) is 11.2. The van der Waals surface area contributed by atoms with Crippen LogP contribution in [-0.4, -0.2) is 56.9 Å². The topological polar surface area (TPSA) is 82.4 Å². The molecule has 1 saturated heterocycles. The van der Waals surface area contributed by atoms with Gasteiger partial charge >= 0.3 is 0 Å². The van der Waals surface area contributed by atoms with Crippen LogP contribution in [0.2, 0.25) is 0 Å². The summed E-state index contributed by atoms with van der Waals surface area (Å²) in [4.78, 5) is 22.6. The van der Waals surface area contributed by atoms with Crippen molar-refractivity contribution in [3.8, 4) is 11.8 Å². The Labute approximate surface area is 134 Å². The molecule has 0 spiro atoms. The predicted octanol–water partition coefficient (Wildman–Crippen LogP) is 0.902. The molecule has 1 aliphatic heterocycles. The number of ether oxygens (including phenoxy) is 2. The average Bonchev–Trinajstić information content (AvgIpc) is 2.96. The number of hydrogen-bond donors (Lipinski definition) is 0. The van der Waals surface area contributed by atoms with E-state index in [4.69, 9.17) is 9.47 Å². The van der Waals surface area contributed by atoms with Crippen LogP contribution in [0.1, 0.15) is 23.2 Å². The lowest BCUT2D eigenvalue weighted by atomic mass is 10.1. The Bertz CT molecular complexity index is 673. The molecule has 0 bridgehead atoms. The van der Waals surface area contributed by atoms with Gasteiger partial charge < -0.3 is 14.4 Å². The average molecular weight is 317 g/mol. The van der Waals surface area contributed by atoms with Crippen LogP contribution in [0.5, 0.6) is 11.8 Å². The Balaban J connectivity index is 1.69. The molecule has 8 heteroatoms. The smallest absolute Gasteiger partial charge is 0.261 e. The Morgan fingerprint density at radius 3 is 3.00 bits per heavy atom. The van der Waals surface area contributed by atoms with Crippen LogP contribution < -0.4 is 9.47 Å². The fourth-order valence-corrected chi connectivity index (χ4v) is 2.67. The number of aromatic nitrogens is 4. The third-order valence-corrected chi connectivity index (χ3v) is 3.71.